The van der Waals surface area contributed by atoms with Crippen LogP contribution in [0.5, 0.6) is 17.2 Å². The minimum atomic E-state index is -0.881. The first-order chi connectivity index (χ1) is 18.3. The smallest absolute Gasteiger partial charge is 0.311 e. The summed E-state index contributed by atoms with van der Waals surface area (Å²) in [6, 6.07) is 17.5. The number of fused-ring (bicyclic) bond motifs is 1. The summed E-state index contributed by atoms with van der Waals surface area (Å²) in [6.45, 7) is 3.83. The zero-order valence-electron chi connectivity index (χ0n) is 20.7. The number of nitro benzene ring substituents is 1. The molecular weight excluding hydrogens is 492 g/mol. The van der Waals surface area contributed by atoms with Gasteiger partial charge in [-0.3, -0.25) is 19.7 Å². The Morgan fingerprint density at radius 3 is 2.58 bits per heavy atom. The van der Waals surface area contributed by atoms with Gasteiger partial charge in [-0.25, -0.2) is 5.43 Å². The summed E-state index contributed by atoms with van der Waals surface area (Å²) in [7, 11) is 0. The van der Waals surface area contributed by atoms with E-state index in [1.165, 1.54) is 18.3 Å². The predicted octanol–water partition coefficient (Wildman–Crippen LogP) is 3.81. The number of hydrazone groups is 1. The average Bonchev–Trinajstić information content (AvgIpc) is 3.39. The van der Waals surface area contributed by atoms with Gasteiger partial charge in [-0.05, 0) is 41.8 Å². The van der Waals surface area contributed by atoms with Crippen molar-refractivity contribution in [2.24, 2.45) is 11.0 Å². The van der Waals surface area contributed by atoms with Crippen molar-refractivity contribution in [1.29, 1.82) is 0 Å². The number of nitrogens with zero attached hydrogens (tertiary/aromatic N) is 2. The molecular formula is C27H26N4O7. The quantitative estimate of drug-likeness (QED) is 0.236. The van der Waals surface area contributed by atoms with Crippen molar-refractivity contribution < 1.29 is 28.7 Å². The summed E-state index contributed by atoms with van der Waals surface area (Å²) >= 11 is 0. The van der Waals surface area contributed by atoms with Gasteiger partial charge in [0.15, 0.2) is 17.2 Å². The Morgan fingerprint density at radius 2 is 1.84 bits per heavy atom. The lowest BCUT2D eigenvalue weighted by atomic mass is 10.0. The molecule has 11 heteroatoms. The maximum atomic E-state index is 12.8. The second-order valence-electron chi connectivity index (χ2n) is 8.76. The highest BCUT2D eigenvalue weighted by atomic mass is 16.7. The van der Waals surface area contributed by atoms with Gasteiger partial charge in [0, 0.05) is 17.2 Å². The molecule has 1 heterocycles. The third kappa shape index (κ3) is 6.44. The van der Waals surface area contributed by atoms with Gasteiger partial charge >= 0.3 is 5.69 Å². The number of nitrogens with one attached hydrogen (secondary N) is 2. The van der Waals surface area contributed by atoms with Crippen LogP contribution in [0.1, 0.15) is 35.3 Å². The Morgan fingerprint density at radius 1 is 1.08 bits per heavy atom. The molecule has 1 atom stereocenters. The highest BCUT2D eigenvalue weighted by Gasteiger charge is 2.25. The number of amides is 2. The van der Waals surface area contributed by atoms with Crippen LogP contribution in [0, 0.1) is 16.0 Å². The number of hydrogen-bond donors (Lipinski definition) is 2. The largest absolute Gasteiger partial charge is 0.482 e. The van der Waals surface area contributed by atoms with Crippen LogP contribution in [-0.4, -0.2) is 35.8 Å². The van der Waals surface area contributed by atoms with Crippen LogP contribution in [-0.2, 0) is 11.4 Å². The van der Waals surface area contributed by atoms with E-state index >= 15 is 0 Å². The summed E-state index contributed by atoms with van der Waals surface area (Å²) in [6.07, 6.45) is 1.28. The molecule has 11 nitrogen and oxygen atoms in total. The summed E-state index contributed by atoms with van der Waals surface area (Å²) in [4.78, 5) is 36.5. The van der Waals surface area contributed by atoms with Gasteiger partial charge in [0.2, 0.25) is 6.79 Å². The fourth-order valence-electron chi connectivity index (χ4n) is 3.65. The maximum absolute atomic E-state index is 12.8. The van der Waals surface area contributed by atoms with Crippen LogP contribution in [0.25, 0.3) is 0 Å². The molecule has 2 amide bonds. The van der Waals surface area contributed by atoms with Gasteiger partial charge in [-0.1, -0.05) is 44.2 Å². The van der Waals surface area contributed by atoms with Gasteiger partial charge in [0.1, 0.15) is 12.6 Å². The number of nitro groups is 1. The van der Waals surface area contributed by atoms with E-state index in [4.69, 9.17) is 14.2 Å². The number of benzene rings is 3. The molecule has 3 aromatic rings. The Labute approximate surface area is 218 Å². The monoisotopic (exact) mass is 518 g/mol. The van der Waals surface area contributed by atoms with Crippen molar-refractivity contribution in [3.63, 3.8) is 0 Å². The molecule has 1 aliphatic rings. The normalized spacial score (nSPS) is 12.8. The predicted molar refractivity (Wildman–Crippen MR) is 138 cm³/mol. The Kier molecular flexibility index (Phi) is 8.17. The van der Waals surface area contributed by atoms with Gasteiger partial charge in [-0.2, -0.15) is 5.10 Å². The molecule has 0 fully saturated rings. The van der Waals surface area contributed by atoms with E-state index < -0.39 is 22.8 Å². The zero-order chi connectivity index (χ0) is 27.1. The molecule has 1 unspecified atom stereocenters. The van der Waals surface area contributed by atoms with Crippen LogP contribution >= 0.6 is 0 Å². The number of carbonyl (C=O) groups is 2. The first-order valence-corrected chi connectivity index (χ1v) is 11.8. The molecule has 0 bridgehead atoms. The Balaban J connectivity index is 1.38. The second-order valence-corrected chi connectivity index (χ2v) is 8.76. The van der Waals surface area contributed by atoms with Crippen molar-refractivity contribution in [2.75, 3.05) is 6.79 Å². The van der Waals surface area contributed by atoms with E-state index in [9.17, 15) is 19.7 Å². The van der Waals surface area contributed by atoms with Crippen molar-refractivity contribution in [3.8, 4) is 17.2 Å². The second kappa shape index (κ2) is 11.9. The van der Waals surface area contributed by atoms with Crippen LogP contribution in [0.15, 0.2) is 71.8 Å². The summed E-state index contributed by atoms with van der Waals surface area (Å²) in [5.74, 6) is -0.120. The fourth-order valence-corrected chi connectivity index (χ4v) is 3.65. The van der Waals surface area contributed by atoms with Crippen LogP contribution in [0.4, 0.5) is 5.69 Å². The third-order valence-electron chi connectivity index (χ3n) is 5.68. The first kappa shape index (κ1) is 26.1. The zero-order valence-corrected chi connectivity index (χ0v) is 20.7. The van der Waals surface area contributed by atoms with E-state index in [1.54, 1.807) is 38.1 Å². The lowest BCUT2D eigenvalue weighted by Crippen LogP contribution is -2.48. The Hall–Kier alpha value is -4.93. The van der Waals surface area contributed by atoms with Gasteiger partial charge in [0.25, 0.3) is 11.8 Å². The first-order valence-electron chi connectivity index (χ1n) is 11.8. The molecule has 0 aliphatic carbocycles. The minimum Gasteiger partial charge on any atom is -0.482 e. The maximum Gasteiger partial charge on any atom is 0.311 e. The molecule has 0 spiro atoms. The van der Waals surface area contributed by atoms with E-state index in [-0.39, 0.29) is 30.8 Å². The molecule has 0 saturated heterocycles. The number of hydrogen-bond acceptors (Lipinski definition) is 8. The summed E-state index contributed by atoms with van der Waals surface area (Å²) < 4.78 is 16.2. The topological polar surface area (TPSA) is 141 Å². The SMILES string of the molecule is CC(C)C(NC(=O)c1ccc2c(c1)OCO2)C(=O)N/N=C/c1ccc(OCc2ccccc2)c([N+](=O)[O-])c1. The average molecular weight is 519 g/mol. The lowest BCUT2D eigenvalue weighted by Gasteiger charge is -2.20. The number of rotatable bonds is 10. The van der Waals surface area contributed by atoms with E-state index in [1.807, 2.05) is 30.3 Å². The molecule has 1 aliphatic heterocycles. The number of carbonyl (C=O) groups excluding carboxylic acids is 2. The Bertz CT molecular complexity index is 1360. The fraction of sp³-hybridized carbons (Fsp3) is 0.222. The third-order valence-corrected chi connectivity index (χ3v) is 5.68. The molecule has 0 saturated carbocycles. The van der Waals surface area contributed by atoms with Crippen molar-refractivity contribution in [2.45, 2.75) is 26.5 Å². The lowest BCUT2D eigenvalue weighted by molar-refractivity contribution is -0.385. The standard InChI is InChI=1S/C27H26N4O7/c1-17(2)25(29-26(32)20-9-11-23-24(13-20)38-16-37-23)27(33)30-28-14-19-8-10-22(21(12-19)31(34)35)36-15-18-6-4-3-5-7-18/h3-14,17,25H,15-16H2,1-2H3,(H,29,32)(H,30,33)/b28-14+. The molecule has 196 valence electrons. The van der Waals surface area contributed by atoms with Crippen molar-refractivity contribution in [3.05, 3.63) is 93.5 Å². The van der Waals surface area contributed by atoms with E-state index in [0.717, 1.165) is 5.56 Å². The number of ether oxygens (including phenoxy) is 3. The van der Waals surface area contributed by atoms with Gasteiger partial charge in [0.05, 0.1) is 11.1 Å². The molecule has 2 N–H and O–H groups in total. The molecule has 4 rings (SSSR count). The molecule has 0 aromatic heterocycles. The van der Waals surface area contributed by atoms with Crippen LogP contribution in [0.2, 0.25) is 0 Å². The van der Waals surface area contributed by atoms with E-state index in [2.05, 4.69) is 15.8 Å². The van der Waals surface area contributed by atoms with Gasteiger partial charge < -0.3 is 19.5 Å². The molecule has 0 radical (unpaired) electrons. The molecule has 3 aromatic carbocycles. The molecule has 38 heavy (non-hydrogen) atoms. The minimum absolute atomic E-state index is 0.0853. The van der Waals surface area contributed by atoms with Crippen LogP contribution < -0.4 is 25.0 Å². The highest BCUT2D eigenvalue weighted by molar-refractivity contribution is 5.98. The van der Waals surface area contributed by atoms with Crippen molar-refractivity contribution >= 4 is 23.7 Å². The van der Waals surface area contributed by atoms with E-state index in [0.29, 0.717) is 22.6 Å². The van der Waals surface area contributed by atoms with Crippen LogP contribution in [0.3, 0.4) is 0 Å². The van der Waals surface area contributed by atoms with Gasteiger partial charge in [-0.15, -0.1) is 0 Å². The highest BCUT2D eigenvalue weighted by Crippen LogP contribution is 2.32. The van der Waals surface area contributed by atoms with Crippen molar-refractivity contribution in [1.82, 2.24) is 10.7 Å². The summed E-state index contributed by atoms with van der Waals surface area (Å²) in [5, 5.41) is 18.2. The summed E-state index contributed by atoms with van der Waals surface area (Å²) in [5.41, 5.74) is 3.74.